The molecule has 4 aromatic rings. The molecule has 1 fully saturated rings. The number of carbonyl (C=O) groups is 4. The third-order valence-corrected chi connectivity index (χ3v) is 8.07. The van der Waals surface area contributed by atoms with E-state index in [1.807, 2.05) is 22.9 Å². The Morgan fingerprint density at radius 1 is 1.07 bits per heavy atom. The molecular weight excluding hydrogens is 582 g/mol. The number of rotatable bonds is 10. The fourth-order valence-electron chi connectivity index (χ4n) is 4.67. The van der Waals surface area contributed by atoms with Crippen molar-refractivity contribution in [3.8, 4) is 0 Å². The fourth-order valence-corrected chi connectivity index (χ4v) is 5.58. The van der Waals surface area contributed by atoms with E-state index < -0.39 is 29.7 Å². The number of aliphatic carboxylic acids is 1. The lowest BCUT2D eigenvalue weighted by Gasteiger charge is -2.23. The molecule has 2 aromatic heterocycles. The molecule has 3 heterocycles. The number of carboxylic acid groups (broad SMARTS) is 1. The van der Waals surface area contributed by atoms with Gasteiger partial charge in [0.1, 0.15) is 6.04 Å². The van der Waals surface area contributed by atoms with E-state index in [-0.39, 0.29) is 35.5 Å². The van der Waals surface area contributed by atoms with Crippen molar-refractivity contribution in [1.29, 1.82) is 0 Å². The van der Waals surface area contributed by atoms with Crippen LogP contribution >= 0.6 is 22.9 Å². The number of fused-ring (bicyclic) bond motifs is 1. The van der Waals surface area contributed by atoms with Gasteiger partial charge in [0.05, 0.1) is 27.2 Å². The lowest BCUT2D eigenvalue weighted by Crippen LogP contribution is -2.48. The first-order chi connectivity index (χ1) is 20.3. The van der Waals surface area contributed by atoms with Crippen LogP contribution in [0.25, 0.3) is 10.9 Å². The Hall–Kier alpha value is -4.26. The predicted octanol–water partition coefficient (Wildman–Crippen LogP) is 3.99. The number of thiophene rings is 1. The number of amides is 3. The van der Waals surface area contributed by atoms with Crippen molar-refractivity contribution < 1.29 is 29.0 Å². The van der Waals surface area contributed by atoms with Crippen LogP contribution in [0.4, 0.5) is 0 Å². The second-order valence-electron chi connectivity index (χ2n) is 9.69. The summed E-state index contributed by atoms with van der Waals surface area (Å²) in [5.41, 5.74) is 2.04. The molecule has 0 bridgehead atoms. The van der Waals surface area contributed by atoms with Gasteiger partial charge in [-0.3, -0.25) is 14.4 Å². The Morgan fingerprint density at radius 2 is 1.93 bits per heavy atom. The van der Waals surface area contributed by atoms with Crippen LogP contribution in [0.15, 0.2) is 60.1 Å². The van der Waals surface area contributed by atoms with Gasteiger partial charge in [0.25, 0.3) is 17.7 Å². The molecule has 1 aliphatic heterocycles. The van der Waals surface area contributed by atoms with E-state index in [0.717, 1.165) is 35.7 Å². The molecular formula is C29H28ClN5O6S. The average Bonchev–Trinajstić information content (AvgIpc) is 3.69. The monoisotopic (exact) mass is 609 g/mol. The number of ether oxygens (including phenoxy) is 1. The zero-order valence-electron chi connectivity index (χ0n) is 22.3. The Balaban J connectivity index is 1.20. The summed E-state index contributed by atoms with van der Waals surface area (Å²) in [6.45, 7) is 0.624. The summed E-state index contributed by atoms with van der Waals surface area (Å²) in [6.07, 6.45) is 4.70. The topological polar surface area (TPSA) is 152 Å². The highest BCUT2D eigenvalue weighted by molar-refractivity contribution is 7.12. The summed E-state index contributed by atoms with van der Waals surface area (Å²) in [6, 6.07) is 11.8. The standard InChI is InChI=1S/C29H28ClN5O6S/c30-21-13-17(9-10-19(21)27(37)34-22(29(39)40)16-32-28(38)24-7-4-12-42-24)26(36)31-14-18-5-3-6-23-20(18)15-33-35(23)25-8-1-2-11-41-25/h3-7,9-10,12-13,15,22,25H,1-2,8,11,14,16H2,(H,31,36)(H,32,38)(H,34,37)(H,39,40)/t22-,25?/m0/s1. The van der Waals surface area contributed by atoms with Crippen LogP contribution in [-0.2, 0) is 16.1 Å². The Kier molecular flexibility index (Phi) is 9.15. The van der Waals surface area contributed by atoms with E-state index >= 15 is 0 Å². The first-order valence-electron chi connectivity index (χ1n) is 13.3. The molecule has 11 nitrogen and oxygen atoms in total. The average molecular weight is 610 g/mol. The van der Waals surface area contributed by atoms with Gasteiger partial charge in [0.2, 0.25) is 0 Å². The molecule has 0 aliphatic carbocycles. The van der Waals surface area contributed by atoms with Crippen molar-refractivity contribution in [2.45, 2.75) is 38.1 Å². The molecule has 5 rings (SSSR count). The molecule has 1 unspecified atom stereocenters. The second kappa shape index (κ2) is 13.1. The number of carboxylic acids is 1. The Bertz CT molecular complexity index is 1620. The number of nitrogens with zero attached hydrogens (tertiary/aromatic N) is 2. The van der Waals surface area contributed by atoms with Gasteiger partial charge in [-0.1, -0.05) is 29.8 Å². The summed E-state index contributed by atoms with van der Waals surface area (Å²) in [7, 11) is 0. The molecule has 1 saturated heterocycles. The molecule has 42 heavy (non-hydrogen) atoms. The van der Waals surface area contributed by atoms with E-state index in [1.165, 1.54) is 29.5 Å². The summed E-state index contributed by atoms with van der Waals surface area (Å²) in [5, 5.41) is 24.4. The molecule has 0 saturated carbocycles. The van der Waals surface area contributed by atoms with Crippen LogP contribution < -0.4 is 16.0 Å². The molecule has 13 heteroatoms. The molecule has 2 aromatic carbocycles. The van der Waals surface area contributed by atoms with Crippen molar-refractivity contribution >= 4 is 57.5 Å². The fraction of sp³-hybridized carbons (Fsp3) is 0.276. The molecule has 2 atom stereocenters. The van der Waals surface area contributed by atoms with Crippen LogP contribution in [0.3, 0.4) is 0 Å². The lowest BCUT2D eigenvalue weighted by atomic mass is 10.1. The summed E-state index contributed by atoms with van der Waals surface area (Å²) in [5.74, 6) is -2.92. The third-order valence-electron chi connectivity index (χ3n) is 6.89. The van der Waals surface area contributed by atoms with Crippen molar-refractivity contribution in [3.05, 3.63) is 86.7 Å². The maximum absolute atomic E-state index is 12.9. The molecule has 3 amide bonds. The number of halogens is 1. The van der Waals surface area contributed by atoms with Crippen LogP contribution in [0, 0.1) is 0 Å². The second-order valence-corrected chi connectivity index (χ2v) is 11.0. The van der Waals surface area contributed by atoms with Gasteiger partial charge in [-0.2, -0.15) is 5.10 Å². The highest BCUT2D eigenvalue weighted by Gasteiger charge is 2.24. The smallest absolute Gasteiger partial charge is 0.328 e. The normalized spacial score (nSPS) is 15.6. The molecule has 0 radical (unpaired) electrons. The van der Waals surface area contributed by atoms with E-state index in [1.54, 1.807) is 23.7 Å². The highest BCUT2D eigenvalue weighted by Crippen LogP contribution is 2.27. The number of hydrogen-bond donors (Lipinski definition) is 4. The van der Waals surface area contributed by atoms with Gasteiger partial charge in [0, 0.05) is 30.6 Å². The minimum Gasteiger partial charge on any atom is -0.480 e. The summed E-state index contributed by atoms with van der Waals surface area (Å²) >= 11 is 7.53. The zero-order chi connectivity index (χ0) is 29.6. The minimum absolute atomic E-state index is 0.00818. The molecule has 0 spiro atoms. The third kappa shape index (κ3) is 6.62. The summed E-state index contributed by atoms with van der Waals surface area (Å²) in [4.78, 5) is 50.0. The summed E-state index contributed by atoms with van der Waals surface area (Å²) < 4.78 is 7.76. The maximum Gasteiger partial charge on any atom is 0.328 e. The van der Waals surface area contributed by atoms with Crippen molar-refractivity contribution in [3.63, 3.8) is 0 Å². The predicted molar refractivity (Wildman–Crippen MR) is 157 cm³/mol. The number of carbonyl (C=O) groups excluding carboxylic acids is 3. The first kappa shape index (κ1) is 29.2. The quantitative estimate of drug-likeness (QED) is 0.212. The lowest BCUT2D eigenvalue weighted by molar-refractivity contribution is -0.139. The number of aromatic nitrogens is 2. The van der Waals surface area contributed by atoms with Crippen molar-refractivity contribution in [1.82, 2.24) is 25.7 Å². The SMILES string of the molecule is O=C(NCc1cccc2c1cnn2C1CCCCO1)c1ccc(C(=O)N[C@@H](CNC(=O)c2cccs2)C(=O)O)c(Cl)c1. The number of hydrogen-bond acceptors (Lipinski definition) is 7. The Labute approximate surface area is 249 Å². The minimum atomic E-state index is -1.39. The molecule has 218 valence electrons. The Morgan fingerprint density at radius 3 is 2.64 bits per heavy atom. The van der Waals surface area contributed by atoms with Gasteiger partial charge in [-0.15, -0.1) is 11.3 Å². The molecule has 1 aliphatic rings. The van der Waals surface area contributed by atoms with Gasteiger partial charge in [-0.05, 0) is 60.5 Å². The zero-order valence-corrected chi connectivity index (χ0v) is 23.9. The van der Waals surface area contributed by atoms with E-state index in [9.17, 15) is 24.3 Å². The number of benzene rings is 2. The largest absolute Gasteiger partial charge is 0.480 e. The van der Waals surface area contributed by atoms with E-state index in [2.05, 4.69) is 21.0 Å². The maximum atomic E-state index is 12.9. The van der Waals surface area contributed by atoms with Gasteiger partial charge in [0.15, 0.2) is 6.23 Å². The van der Waals surface area contributed by atoms with Gasteiger partial charge < -0.3 is 25.8 Å². The van der Waals surface area contributed by atoms with Crippen LogP contribution in [0.1, 0.15) is 61.4 Å². The first-order valence-corrected chi connectivity index (χ1v) is 14.6. The van der Waals surface area contributed by atoms with Crippen LogP contribution in [-0.4, -0.2) is 57.8 Å². The van der Waals surface area contributed by atoms with Crippen molar-refractivity contribution in [2.24, 2.45) is 0 Å². The van der Waals surface area contributed by atoms with E-state index in [4.69, 9.17) is 16.3 Å². The van der Waals surface area contributed by atoms with E-state index in [0.29, 0.717) is 11.5 Å². The number of nitrogens with one attached hydrogen (secondary N) is 3. The van der Waals surface area contributed by atoms with Gasteiger partial charge in [-0.25, -0.2) is 9.48 Å². The van der Waals surface area contributed by atoms with Gasteiger partial charge >= 0.3 is 5.97 Å². The van der Waals surface area contributed by atoms with Crippen LogP contribution in [0.5, 0.6) is 0 Å². The molecule has 4 N–H and O–H groups in total. The van der Waals surface area contributed by atoms with Crippen molar-refractivity contribution in [2.75, 3.05) is 13.2 Å². The van der Waals surface area contributed by atoms with Crippen LogP contribution in [0.2, 0.25) is 5.02 Å². The highest BCUT2D eigenvalue weighted by atomic mass is 35.5.